The summed E-state index contributed by atoms with van der Waals surface area (Å²) in [6, 6.07) is 23.0. The number of carbonyl (C=O) groups is 2. The maximum atomic E-state index is 13.8. The van der Waals surface area contributed by atoms with Gasteiger partial charge in [-0.1, -0.05) is 58.4 Å². The Balaban J connectivity index is 1.58. The first-order valence-electron chi connectivity index (χ1n) is 12.4. The zero-order valence-electron chi connectivity index (χ0n) is 21.4. The van der Waals surface area contributed by atoms with E-state index in [1.165, 1.54) is 0 Å². The number of nitrogens with one attached hydrogen (secondary N) is 1. The molecule has 0 aliphatic rings. The number of ether oxygens (including phenoxy) is 1. The third-order valence-electron chi connectivity index (χ3n) is 6.49. The fourth-order valence-electron chi connectivity index (χ4n) is 4.45. The van der Waals surface area contributed by atoms with Gasteiger partial charge >= 0.3 is 0 Å². The molecule has 0 saturated carbocycles. The van der Waals surface area contributed by atoms with Gasteiger partial charge in [0.25, 0.3) is 5.91 Å². The number of hydrogen-bond acceptors (Lipinski definition) is 3. The number of methoxy groups -OCH3 is 1. The maximum absolute atomic E-state index is 13.8. The first-order chi connectivity index (χ1) is 17.9. The molecule has 0 aliphatic carbocycles. The normalized spacial score (nSPS) is 11.1. The highest BCUT2D eigenvalue weighted by Gasteiger charge is 2.25. The van der Waals surface area contributed by atoms with Crippen molar-refractivity contribution < 1.29 is 14.3 Å². The minimum atomic E-state index is -0.168. The van der Waals surface area contributed by atoms with Gasteiger partial charge in [-0.05, 0) is 56.2 Å². The molecular weight excluding hydrogens is 530 g/mol. The Morgan fingerprint density at radius 1 is 0.973 bits per heavy atom. The van der Waals surface area contributed by atoms with Crippen LogP contribution in [0.2, 0.25) is 0 Å². The molecule has 0 spiro atoms. The lowest BCUT2D eigenvalue weighted by atomic mass is 10.1. The molecule has 7 heteroatoms. The summed E-state index contributed by atoms with van der Waals surface area (Å²) in [6.45, 7) is 4.75. The van der Waals surface area contributed by atoms with E-state index in [1.54, 1.807) is 24.1 Å². The average Bonchev–Trinajstić information content (AvgIpc) is 3.32. The maximum Gasteiger partial charge on any atom is 0.254 e. The van der Waals surface area contributed by atoms with Gasteiger partial charge < -0.3 is 19.5 Å². The summed E-state index contributed by atoms with van der Waals surface area (Å²) in [7, 11) is 1.63. The molecule has 4 aromatic rings. The second kappa shape index (κ2) is 12.1. The standard InChI is InChI=1S/C30H32BrN3O3/c1-21(2)34(30(36)22-10-8-11-25(31)17-22)20-29(35)33(19-24-9-4-7-14-28(24)37-3)16-15-23-18-32-27-13-6-5-12-26(23)27/h4-14,17-18,21,32H,15-16,19-20H2,1-3H3. The monoisotopic (exact) mass is 561 g/mol. The molecule has 2 amide bonds. The largest absolute Gasteiger partial charge is 0.496 e. The molecule has 0 saturated heterocycles. The number of carbonyl (C=O) groups excluding carboxylic acids is 2. The summed E-state index contributed by atoms with van der Waals surface area (Å²) in [5.74, 6) is 0.458. The summed E-state index contributed by atoms with van der Waals surface area (Å²) in [6.07, 6.45) is 2.69. The van der Waals surface area contributed by atoms with E-state index in [4.69, 9.17) is 4.74 Å². The van der Waals surface area contributed by atoms with Gasteiger partial charge in [-0.15, -0.1) is 0 Å². The Labute approximate surface area is 226 Å². The predicted octanol–water partition coefficient (Wildman–Crippen LogP) is 6.06. The fraction of sp³-hybridized carbons (Fsp3) is 0.267. The van der Waals surface area contributed by atoms with Gasteiger partial charge in [0, 0.05) is 51.8 Å². The van der Waals surface area contributed by atoms with Crippen molar-refractivity contribution in [1.29, 1.82) is 0 Å². The van der Waals surface area contributed by atoms with Crippen molar-refractivity contribution in [2.75, 3.05) is 20.2 Å². The van der Waals surface area contributed by atoms with Crippen LogP contribution in [-0.4, -0.2) is 52.8 Å². The van der Waals surface area contributed by atoms with Gasteiger partial charge in [0.1, 0.15) is 12.3 Å². The molecule has 0 fully saturated rings. The van der Waals surface area contributed by atoms with E-state index in [9.17, 15) is 9.59 Å². The number of rotatable bonds is 10. The predicted molar refractivity (Wildman–Crippen MR) is 151 cm³/mol. The number of H-pyrrole nitrogens is 1. The van der Waals surface area contributed by atoms with Gasteiger partial charge in [0.05, 0.1) is 7.11 Å². The van der Waals surface area contributed by atoms with Crippen LogP contribution in [0, 0.1) is 0 Å². The Bertz CT molecular complexity index is 1380. The minimum Gasteiger partial charge on any atom is -0.496 e. The zero-order valence-corrected chi connectivity index (χ0v) is 23.0. The van der Waals surface area contributed by atoms with Crippen molar-refractivity contribution in [3.63, 3.8) is 0 Å². The van der Waals surface area contributed by atoms with Gasteiger partial charge in [-0.25, -0.2) is 0 Å². The van der Waals surface area contributed by atoms with Crippen LogP contribution in [0.3, 0.4) is 0 Å². The smallest absolute Gasteiger partial charge is 0.254 e. The second-order valence-electron chi connectivity index (χ2n) is 9.27. The molecule has 0 radical (unpaired) electrons. The van der Waals surface area contributed by atoms with Crippen LogP contribution >= 0.6 is 15.9 Å². The van der Waals surface area contributed by atoms with Crippen molar-refractivity contribution in [1.82, 2.24) is 14.8 Å². The molecule has 0 unspecified atom stereocenters. The Morgan fingerprint density at radius 3 is 2.49 bits per heavy atom. The van der Waals surface area contributed by atoms with Crippen molar-refractivity contribution in [2.45, 2.75) is 32.9 Å². The van der Waals surface area contributed by atoms with Crippen molar-refractivity contribution in [3.05, 3.63) is 100 Å². The van der Waals surface area contributed by atoms with Gasteiger partial charge in [-0.2, -0.15) is 0 Å². The third kappa shape index (κ3) is 6.41. The van der Waals surface area contributed by atoms with E-state index in [0.29, 0.717) is 25.1 Å². The minimum absolute atomic E-state index is 0.00789. The number of hydrogen-bond donors (Lipinski definition) is 1. The topological polar surface area (TPSA) is 65.6 Å². The van der Waals surface area contributed by atoms with Crippen LogP contribution in [0.25, 0.3) is 10.9 Å². The number of aromatic amines is 1. The molecule has 3 aromatic carbocycles. The summed E-state index contributed by atoms with van der Waals surface area (Å²) < 4.78 is 6.37. The highest BCUT2D eigenvalue weighted by molar-refractivity contribution is 9.10. The number of nitrogens with zero attached hydrogens (tertiary/aromatic N) is 2. The highest BCUT2D eigenvalue weighted by atomic mass is 79.9. The SMILES string of the molecule is COc1ccccc1CN(CCc1c[nH]c2ccccc12)C(=O)CN(C(=O)c1cccc(Br)c1)C(C)C. The molecule has 0 aliphatic heterocycles. The fourth-order valence-corrected chi connectivity index (χ4v) is 4.85. The number of benzene rings is 3. The average molecular weight is 563 g/mol. The number of aromatic nitrogens is 1. The van der Waals surface area contributed by atoms with E-state index in [1.807, 2.05) is 79.5 Å². The molecular formula is C30H32BrN3O3. The van der Waals surface area contributed by atoms with E-state index >= 15 is 0 Å². The molecule has 4 rings (SSSR count). The summed E-state index contributed by atoms with van der Waals surface area (Å²) in [4.78, 5) is 33.9. The van der Waals surface area contributed by atoms with Crippen molar-refractivity contribution in [3.8, 4) is 5.75 Å². The molecule has 192 valence electrons. The summed E-state index contributed by atoms with van der Waals surface area (Å²) in [5, 5.41) is 1.15. The molecule has 1 N–H and O–H groups in total. The lowest BCUT2D eigenvalue weighted by molar-refractivity contribution is -0.132. The van der Waals surface area contributed by atoms with Gasteiger partial charge in [0.15, 0.2) is 0 Å². The molecule has 1 heterocycles. The van der Waals surface area contributed by atoms with Crippen LogP contribution in [-0.2, 0) is 17.8 Å². The Kier molecular flexibility index (Phi) is 8.66. The summed E-state index contributed by atoms with van der Waals surface area (Å²) in [5.41, 5.74) is 3.70. The number of amides is 2. The lowest BCUT2D eigenvalue weighted by Crippen LogP contribution is -2.46. The first-order valence-corrected chi connectivity index (χ1v) is 13.2. The molecule has 6 nitrogen and oxygen atoms in total. The number of fused-ring (bicyclic) bond motifs is 1. The van der Waals surface area contributed by atoms with E-state index in [-0.39, 0.29) is 24.4 Å². The van der Waals surface area contributed by atoms with E-state index in [2.05, 4.69) is 27.0 Å². The second-order valence-corrected chi connectivity index (χ2v) is 10.2. The third-order valence-corrected chi connectivity index (χ3v) is 6.99. The Morgan fingerprint density at radius 2 is 1.73 bits per heavy atom. The quantitative estimate of drug-likeness (QED) is 0.256. The molecule has 0 atom stereocenters. The van der Waals surface area contributed by atoms with E-state index < -0.39 is 0 Å². The number of para-hydroxylation sites is 2. The van der Waals surface area contributed by atoms with Gasteiger partial charge in [0.2, 0.25) is 5.91 Å². The summed E-state index contributed by atoms with van der Waals surface area (Å²) >= 11 is 3.44. The van der Waals surface area contributed by atoms with Crippen molar-refractivity contribution in [2.24, 2.45) is 0 Å². The zero-order chi connectivity index (χ0) is 26.4. The van der Waals surface area contributed by atoms with Crippen LogP contribution in [0.1, 0.15) is 35.3 Å². The highest BCUT2D eigenvalue weighted by Crippen LogP contribution is 2.22. The molecule has 1 aromatic heterocycles. The first kappa shape index (κ1) is 26.5. The van der Waals surface area contributed by atoms with Gasteiger partial charge in [-0.3, -0.25) is 9.59 Å². The van der Waals surface area contributed by atoms with Crippen molar-refractivity contribution >= 4 is 38.6 Å². The van der Waals surface area contributed by atoms with Crippen LogP contribution in [0.15, 0.2) is 83.5 Å². The van der Waals surface area contributed by atoms with Crippen LogP contribution < -0.4 is 4.74 Å². The van der Waals surface area contributed by atoms with E-state index in [0.717, 1.165) is 32.3 Å². The molecule has 0 bridgehead atoms. The lowest BCUT2D eigenvalue weighted by Gasteiger charge is -2.30. The van der Waals surface area contributed by atoms with Crippen LogP contribution in [0.4, 0.5) is 0 Å². The Hall–Kier alpha value is -3.58. The van der Waals surface area contributed by atoms with Crippen LogP contribution in [0.5, 0.6) is 5.75 Å². The number of halogens is 1. The molecule has 37 heavy (non-hydrogen) atoms.